The number of aliphatic hydroxyl groups excluding tert-OH is 1. The van der Waals surface area contributed by atoms with Crippen molar-refractivity contribution >= 4 is 5.97 Å². The first-order chi connectivity index (χ1) is 15.4. The fourth-order valence-electron chi connectivity index (χ4n) is 6.41. The predicted molar refractivity (Wildman–Crippen MR) is 124 cm³/mol. The van der Waals surface area contributed by atoms with Gasteiger partial charge in [-0.15, -0.1) is 0 Å². The molecule has 3 atom stereocenters. The maximum atomic E-state index is 12.0. The summed E-state index contributed by atoms with van der Waals surface area (Å²) in [6.45, 7) is 1.47. The van der Waals surface area contributed by atoms with Crippen LogP contribution < -0.4 is 4.74 Å². The molecule has 1 aromatic carbocycles. The van der Waals surface area contributed by atoms with E-state index in [1.807, 2.05) is 12.1 Å². The third-order valence-electron chi connectivity index (χ3n) is 8.11. The normalized spacial score (nSPS) is 29.7. The lowest BCUT2D eigenvalue weighted by Crippen LogP contribution is -2.47. The van der Waals surface area contributed by atoms with Gasteiger partial charge in [-0.1, -0.05) is 38.2 Å². The van der Waals surface area contributed by atoms with E-state index < -0.39 is 11.7 Å². The molecule has 0 aromatic heterocycles. The summed E-state index contributed by atoms with van der Waals surface area (Å²) in [5, 5.41) is 21.3. The van der Waals surface area contributed by atoms with E-state index in [0.717, 1.165) is 37.7 Å². The molecule has 2 N–H and O–H groups in total. The molecule has 1 aromatic rings. The van der Waals surface area contributed by atoms with Crippen molar-refractivity contribution in [2.75, 3.05) is 0 Å². The molecule has 3 aliphatic rings. The third kappa shape index (κ3) is 5.78. The molecule has 0 unspecified atom stereocenters. The number of phenols is 1. The molecule has 32 heavy (non-hydrogen) atoms. The van der Waals surface area contributed by atoms with Crippen LogP contribution in [0.2, 0.25) is 0 Å². The molecule has 3 fully saturated rings. The Kier molecular flexibility index (Phi) is 7.65. The quantitative estimate of drug-likeness (QED) is 0.529. The molecule has 0 aliphatic heterocycles. The number of phenolic OH excluding ortho intramolecular Hbond substituents is 1. The summed E-state index contributed by atoms with van der Waals surface area (Å²) in [7, 11) is 0. The van der Waals surface area contributed by atoms with Gasteiger partial charge in [0.1, 0.15) is 5.60 Å². The number of benzene rings is 1. The molecule has 0 saturated heterocycles. The van der Waals surface area contributed by atoms with Gasteiger partial charge in [0.05, 0.1) is 12.2 Å². The number of carbonyl (C=O) groups excluding carboxylic acids is 1. The van der Waals surface area contributed by atoms with Crippen molar-refractivity contribution in [2.24, 2.45) is 11.8 Å². The number of rotatable bonds is 7. The molecule has 5 heteroatoms. The van der Waals surface area contributed by atoms with E-state index in [9.17, 15) is 15.0 Å². The van der Waals surface area contributed by atoms with Crippen LogP contribution in [0.3, 0.4) is 0 Å². The maximum absolute atomic E-state index is 12.0. The molecule has 4 rings (SSSR count). The molecular weight excluding hydrogens is 404 g/mol. The summed E-state index contributed by atoms with van der Waals surface area (Å²) in [5.74, 6) is 1.40. The van der Waals surface area contributed by atoms with Gasteiger partial charge in [-0.25, -0.2) is 0 Å². The third-order valence-corrected chi connectivity index (χ3v) is 8.11. The predicted octanol–water partition coefficient (Wildman–Crippen LogP) is 5.69. The maximum Gasteiger partial charge on any atom is 0.303 e. The number of hydrogen-bond acceptors (Lipinski definition) is 5. The van der Waals surface area contributed by atoms with Crippen molar-refractivity contribution in [3.63, 3.8) is 0 Å². The number of esters is 1. The Morgan fingerprint density at radius 3 is 2.47 bits per heavy atom. The molecule has 3 saturated carbocycles. The highest BCUT2D eigenvalue weighted by Crippen LogP contribution is 2.45. The fourth-order valence-corrected chi connectivity index (χ4v) is 6.41. The zero-order valence-electron chi connectivity index (χ0n) is 19.6. The monoisotopic (exact) mass is 444 g/mol. The van der Waals surface area contributed by atoms with E-state index >= 15 is 0 Å². The van der Waals surface area contributed by atoms with Crippen LogP contribution in [-0.4, -0.2) is 34.0 Å². The Labute approximate surface area is 192 Å². The first kappa shape index (κ1) is 23.4. The molecular formula is C27H40O5. The van der Waals surface area contributed by atoms with Crippen molar-refractivity contribution in [1.82, 2.24) is 0 Å². The highest BCUT2D eigenvalue weighted by Gasteiger charge is 2.44. The van der Waals surface area contributed by atoms with E-state index in [2.05, 4.69) is 0 Å². The van der Waals surface area contributed by atoms with Crippen molar-refractivity contribution in [1.29, 1.82) is 0 Å². The van der Waals surface area contributed by atoms with Gasteiger partial charge < -0.3 is 19.7 Å². The SMILES string of the molecule is CC(=O)O[C@]1(CCc2ccc(O)c(OC3CCCC3)c2)CC[C@@H](C2CCCCC2)[C@H](O)C1. The summed E-state index contributed by atoms with van der Waals surface area (Å²) in [5.41, 5.74) is 0.451. The number of carbonyl (C=O) groups is 1. The molecule has 3 aliphatic carbocycles. The zero-order chi connectivity index (χ0) is 22.6. The van der Waals surface area contributed by atoms with E-state index in [-0.39, 0.29) is 17.8 Å². The van der Waals surface area contributed by atoms with Gasteiger partial charge >= 0.3 is 5.97 Å². The van der Waals surface area contributed by atoms with Crippen molar-refractivity contribution < 1.29 is 24.5 Å². The molecule has 0 radical (unpaired) electrons. The molecule has 0 heterocycles. The van der Waals surface area contributed by atoms with E-state index in [1.54, 1.807) is 6.07 Å². The molecule has 0 spiro atoms. The fraction of sp³-hybridized carbons (Fsp3) is 0.741. The molecule has 0 bridgehead atoms. The van der Waals surface area contributed by atoms with Gasteiger partial charge in [0.2, 0.25) is 0 Å². The smallest absolute Gasteiger partial charge is 0.303 e. The number of aliphatic hydroxyl groups is 1. The summed E-state index contributed by atoms with van der Waals surface area (Å²) in [6, 6.07) is 5.55. The minimum Gasteiger partial charge on any atom is -0.504 e. The largest absolute Gasteiger partial charge is 0.504 e. The average molecular weight is 445 g/mol. The van der Waals surface area contributed by atoms with Gasteiger partial charge in [0.25, 0.3) is 0 Å². The van der Waals surface area contributed by atoms with E-state index in [1.165, 1.54) is 51.9 Å². The Morgan fingerprint density at radius 1 is 1.06 bits per heavy atom. The lowest BCUT2D eigenvalue weighted by atomic mass is 9.67. The lowest BCUT2D eigenvalue weighted by Gasteiger charge is -2.45. The number of ether oxygens (including phenoxy) is 2. The average Bonchev–Trinajstić information content (AvgIpc) is 3.28. The van der Waals surface area contributed by atoms with Gasteiger partial charge in [0, 0.05) is 13.3 Å². The summed E-state index contributed by atoms with van der Waals surface area (Å²) in [4.78, 5) is 12.0. The topological polar surface area (TPSA) is 76.0 Å². The highest BCUT2D eigenvalue weighted by atomic mass is 16.6. The van der Waals surface area contributed by atoms with Gasteiger partial charge in [-0.2, -0.15) is 0 Å². The number of aryl methyl sites for hydroxylation is 1. The summed E-state index contributed by atoms with van der Waals surface area (Å²) >= 11 is 0. The minimum atomic E-state index is -0.610. The summed E-state index contributed by atoms with van der Waals surface area (Å²) < 4.78 is 11.9. The van der Waals surface area contributed by atoms with Crippen LogP contribution in [0.4, 0.5) is 0 Å². The van der Waals surface area contributed by atoms with Crippen molar-refractivity contribution in [3.8, 4) is 11.5 Å². The van der Waals surface area contributed by atoms with Gasteiger partial charge in [-0.05, 0) is 80.9 Å². The lowest BCUT2D eigenvalue weighted by molar-refractivity contribution is -0.170. The van der Waals surface area contributed by atoms with Crippen LogP contribution >= 0.6 is 0 Å². The number of aromatic hydroxyl groups is 1. The van der Waals surface area contributed by atoms with Crippen molar-refractivity contribution in [2.45, 2.75) is 115 Å². The summed E-state index contributed by atoms with van der Waals surface area (Å²) in [6.07, 6.45) is 14.2. The van der Waals surface area contributed by atoms with Gasteiger partial charge in [0.15, 0.2) is 11.5 Å². The molecule has 0 amide bonds. The second kappa shape index (κ2) is 10.5. The highest BCUT2D eigenvalue weighted by molar-refractivity contribution is 5.66. The van der Waals surface area contributed by atoms with E-state index in [0.29, 0.717) is 30.4 Å². The number of hydrogen-bond donors (Lipinski definition) is 2. The first-order valence-corrected chi connectivity index (χ1v) is 12.8. The van der Waals surface area contributed by atoms with E-state index in [4.69, 9.17) is 9.47 Å². The Balaban J connectivity index is 1.41. The van der Waals surface area contributed by atoms with Crippen LogP contribution in [0.1, 0.15) is 96.0 Å². The van der Waals surface area contributed by atoms with Crippen LogP contribution in [0.5, 0.6) is 11.5 Å². The zero-order valence-corrected chi connectivity index (χ0v) is 19.6. The van der Waals surface area contributed by atoms with Crippen LogP contribution in [0.25, 0.3) is 0 Å². The Bertz CT molecular complexity index is 765. The standard InChI is InChI=1S/C27H40O5/c1-19(28)32-27(16-14-23(25(30)18-27)21-7-3-2-4-8-21)15-13-20-11-12-24(29)26(17-20)31-22-9-5-6-10-22/h11-12,17,21-23,25,29-30H,2-10,13-16,18H2,1H3/t23-,25+,27+/m0/s1. The molecule has 178 valence electrons. The first-order valence-electron chi connectivity index (χ1n) is 12.8. The Hall–Kier alpha value is -1.75. The van der Waals surface area contributed by atoms with Gasteiger partial charge in [-0.3, -0.25) is 4.79 Å². The van der Waals surface area contributed by atoms with Crippen molar-refractivity contribution in [3.05, 3.63) is 23.8 Å². The second-order valence-corrected chi connectivity index (χ2v) is 10.5. The Morgan fingerprint density at radius 2 is 1.78 bits per heavy atom. The minimum absolute atomic E-state index is 0.179. The van der Waals surface area contributed by atoms with Crippen LogP contribution in [0.15, 0.2) is 18.2 Å². The van der Waals surface area contributed by atoms with Crippen LogP contribution in [-0.2, 0) is 16.0 Å². The molecule has 5 nitrogen and oxygen atoms in total. The second-order valence-electron chi connectivity index (χ2n) is 10.5. The van der Waals surface area contributed by atoms with Crippen LogP contribution in [0, 0.1) is 11.8 Å².